The molecule has 62 valence electrons. The van der Waals surface area contributed by atoms with Crippen molar-refractivity contribution in [1.29, 1.82) is 0 Å². The molecule has 0 rings (SSSR count). The van der Waals surface area contributed by atoms with Gasteiger partial charge >= 0.3 is 0 Å². The number of rotatable bonds is 5. The van der Waals surface area contributed by atoms with E-state index in [-0.39, 0.29) is 0 Å². The van der Waals surface area contributed by atoms with E-state index in [1.54, 1.807) is 0 Å². The van der Waals surface area contributed by atoms with Crippen LogP contribution in [0.25, 0.3) is 0 Å². The summed E-state index contributed by atoms with van der Waals surface area (Å²) in [4.78, 5) is 0. The van der Waals surface area contributed by atoms with Gasteiger partial charge in [0.25, 0.3) is 0 Å². The summed E-state index contributed by atoms with van der Waals surface area (Å²) in [5.74, 6) is 1.03. The van der Waals surface area contributed by atoms with Crippen molar-refractivity contribution in [2.45, 2.75) is 19.8 Å². The first-order valence-corrected chi connectivity index (χ1v) is 7.05. The van der Waals surface area contributed by atoms with Crippen LogP contribution >= 0.6 is 18.4 Å². The molecule has 0 fully saturated rings. The van der Waals surface area contributed by atoms with Crippen LogP contribution in [-0.4, -0.2) is 5.75 Å². The Morgan fingerprint density at radius 1 is 1.60 bits per heavy atom. The minimum atomic E-state index is -2.16. The molecule has 0 spiro atoms. The summed E-state index contributed by atoms with van der Waals surface area (Å²) in [7, 11) is 0. The summed E-state index contributed by atoms with van der Waals surface area (Å²) in [6.45, 7) is -0.0192. The molecular weight excluding hydrogens is 185 g/mol. The van der Waals surface area contributed by atoms with E-state index < -0.39 is 6.49 Å². The van der Waals surface area contributed by atoms with Crippen molar-refractivity contribution in [2.75, 3.05) is 5.75 Å². The van der Waals surface area contributed by atoms with Crippen molar-refractivity contribution in [3.05, 3.63) is 0 Å². The molecule has 5 N–H and O–H groups in total. The highest BCUT2D eigenvalue weighted by atomic mass is 32.5. The Morgan fingerprint density at radius 3 is 2.60 bits per heavy atom. The maximum Gasteiger partial charge on any atom is 0.141 e. The zero-order chi connectivity index (χ0) is 8.04. The zero-order valence-electron chi connectivity index (χ0n) is 6.04. The van der Waals surface area contributed by atoms with E-state index in [4.69, 9.17) is 22.8 Å². The van der Waals surface area contributed by atoms with Gasteiger partial charge in [-0.15, -0.1) is 0 Å². The van der Waals surface area contributed by atoms with Gasteiger partial charge in [0.1, 0.15) is 6.49 Å². The fraction of sp³-hybridized carbons (Fsp3) is 1.00. The Kier molecular flexibility index (Phi) is 6.01. The summed E-state index contributed by atoms with van der Waals surface area (Å²) >= 11 is 6.30. The molecule has 6 heteroatoms. The van der Waals surface area contributed by atoms with Crippen molar-refractivity contribution in [2.24, 2.45) is 11.0 Å². The van der Waals surface area contributed by atoms with Gasteiger partial charge in [0.05, 0.1) is 0 Å². The van der Waals surface area contributed by atoms with Crippen LogP contribution in [0.3, 0.4) is 0 Å². The van der Waals surface area contributed by atoms with Crippen LogP contribution in [0.15, 0.2) is 0 Å². The fourth-order valence-corrected chi connectivity index (χ4v) is 2.44. The average Bonchev–Trinajstić information content (AvgIpc) is 1.78. The molecule has 0 radical (unpaired) electrons. The average molecular weight is 199 g/mol. The van der Waals surface area contributed by atoms with Crippen LogP contribution in [0.4, 0.5) is 0 Å². The lowest BCUT2D eigenvalue weighted by molar-refractivity contribution is 0.896. The number of nitrogens with one attached hydrogen (secondary N) is 1. The Labute approximate surface area is 71.6 Å². The predicted octanol–water partition coefficient (Wildman–Crippen LogP) is 1.17. The van der Waals surface area contributed by atoms with Gasteiger partial charge in [-0.3, -0.25) is 11.0 Å². The minimum Gasteiger partial charge on any atom is -0.279 e. The van der Waals surface area contributed by atoms with Gasteiger partial charge in [-0.2, -0.15) is 0 Å². The summed E-state index contributed by atoms with van der Waals surface area (Å²) in [5, 5.41) is 0. The Bertz CT molecular complexity index is 124. The molecule has 0 aliphatic heterocycles. The second-order valence-electron chi connectivity index (χ2n) is 2.00. The fourth-order valence-electron chi connectivity index (χ4n) is 0.363. The molecule has 0 aromatic carbocycles. The van der Waals surface area contributed by atoms with E-state index in [0.717, 1.165) is 5.75 Å². The third-order valence-electron chi connectivity index (χ3n) is 0.807. The topological polar surface area (TPSA) is 64.1 Å². The number of unbranched alkanes of at least 4 members (excludes halogenated alkanes) is 1. The van der Waals surface area contributed by atoms with Crippen molar-refractivity contribution >= 4 is 30.2 Å². The standard InChI is InChI=1S/C4H14N3PS2/c1-2-3-4-10-7-8(5,6)9/h2-4H2,1H3,(H5,5,6,7,9). The lowest BCUT2D eigenvalue weighted by Gasteiger charge is -2.10. The van der Waals surface area contributed by atoms with Crippen LogP contribution in [0, 0.1) is 0 Å². The molecule has 0 atom stereocenters. The Morgan fingerprint density at radius 2 is 2.20 bits per heavy atom. The van der Waals surface area contributed by atoms with Gasteiger partial charge in [0.15, 0.2) is 0 Å². The van der Waals surface area contributed by atoms with Gasteiger partial charge in [0, 0.05) is 5.75 Å². The number of nitrogens with two attached hydrogens (primary N) is 2. The molecule has 0 saturated carbocycles. The summed E-state index contributed by atoms with van der Waals surface area (Å²) in [6.07, 6.45) is 2.36. The van der Waals surface area contributed by atoms with Crippen molar-refractivity contribution in [3.63, 3.8) is 0 Å². The van der Waals surface area contributed by atoms with E-state index >= 15 is 0 Å². The molecule has 0 aliphatic carbocycles. The molecule has 0 saturated heterocycles. The Hall–Kier alpha value is 0.880. The van der Waals surface area contributed by atoms with E-state index in [1.165, 1.54) is 24.8 Å². The van der Waals surface area contributed by atoms with Crippen LogP contribution < -0.4 is 15.5 Å². The highest BCUT2D eigenvalue weighted by molar-refractivity contribution is 8.17. The third-order valence-corrected chi connectivity index (χ3v) is 3.63. The third kappa shape index (κ3) is 8.88. The van der Waals surface area contributed by atoms with E-state index in [9.17, 15) is 0 Å². The predicted molar refractivity (Wildman–Crippen MR) is 53.2 cm³/mol. The van der Waals surface area contributed by atoms with Crippen LogP contribution in [0.1, 0.15) is 19.8 Å². The van der Waals surface area contributed by atoms with Crippen LogP contribution in [0.5, 0.6) is 0 Å². The highest BCUT2D eigenvalue weighted by Crippen LogP contribution is 2.23. The van der Waals surface area contributed by atoms with E-state index in [1.807, 2.05) is 0 Å². The second kappa shape index (κ2) is 5.52. The molecule has 0 bridgehead atoms. The smallest absolute Gasteiger partial charge is 0.141 e. The van der Waals surface area contributed by atoms with Gasteiger partial charge in [0.2, 0.25) is 0 Å². The number of hydrogen-bond donors (Lipinski definition) is 3. The molecule has 10 heavy (non-hydrogen) atoms. The molecule has 0 aromatic heterocycles. The molecular formula is C4H14N3PS2. The molecule has 0 heterocycles. The quantitative estimate of drug-likeness (QED) is 0.352. The molecule has 3 nitrogen and oxygen atoms in total. The van der Waals surface area contributed by atoms with Gasteiger partial charge in [-0.05, 0) is 18.2 Å². The van der Waals surface area contributed by atoms with Crippen molar-refractivity contribution in [3.8, 4) is 0 Å². The van der Waals surface area contributed by atoms with Crippen LogP contribution in [0.2, 0.25) is 0 Å². The summed E-state index contributed by atoms with van der Waals surface area (Å²) in [5.41, 5.74) is 10.8. The van der Waals surface area contributed by atoms with Crippen molar-refractivity contribution < 1.29 is 0 Å². The highest BCUT2D eigenvalue weighted by Gasteiger charge is 1.99. The lowest BCUT2D eigenvalue weighted by atomic mass is 10.4. The van der Waals surface area contributed by atoms with Gasteiger partial charge in [-0.1, -0.05) is 25.3 Å². The second-order valence-corrected chi connectivity index (χ2v) is 6.66. The summed E-state index contributed by atoms with van der Waals surface area (Å²) in [6, 6.07) is 0. The van der Waals surface area contributed by atoms with Crippen LogP contribution in [-0.2, 0) is 11.8 Å². The first kappa shape index (κ1) is 10.9. The van der Waals surface area contributed by atoms with Gasteiger partial charge < -0.3 is 0 Å². The Balaban J connectivity index is 3.13. The molecule has 0 amide bonds. The largest absolute Gasteiger partial charge is 0.279 e. The van der Waals surface area contributed by atoms with E-state index in [0.29, 0.717) is 0 Å². The number of hydrogen-bond acceptors (Lipinski definition) is 2. The first-order chi connectivity index (χ1) is 4.56. The maximum atomic E-state index is 5.39. The first-order valence-electron chi connectivity index (χ1n) is 3.12. The molecule has 0 aliphatic rings. The molecule has 0 unspecified atom stereocenters. The maximum absolute atomic E-state index is 5.39. The monoisotopic (exact) mass is 199 g/mol. The molecule has 0 aromatic rings. The SMILES string of the molecule is CCCCSNP(N)(N)=S. The van der Waals surface area contributed by atoms with E-state index in [2.05, 4.69) is 11.4 Å². The van der Waals surface area contributed by atoms with Gasteiger partial charge in [-0.25, -0.2) is 4.49 Å². The summed E-state index contributed by atoms with van der Waals surface area (Å²) < 4.78 is 2.85. The minimum absolute atomic E-state index is 1.03. The normalized spacial score (nSPS) is 11.9. The van der Waals surface area contributed by atoms with Crippen molar-refractivity contribution in [1.82, 2.24) is 4.49 Å². The zero-order valence-corrected chi connectivity index (χ0v) is 8.57. The lowest BCUT2D eigenvalue weighted by Crippen LogP contribution is -2.16.